The fourth-order valence-electron chi connectivity index (χ4n) is 1.41. The third-order valence-corrected chi connectivity index (χ3v) is 4.08. The molecule has 0 bridgehead atoms. The second-order valence-electron chi connectivity index (χ2n) is 4.07. The van der Waals surface area contributed by atoms with Gasteiger partial charge < -0.3 is 5.11 Å². The second-order valence-corrected chi connectivity index (χ2v) is 6.00. The molecule has 1 rings (SSSR count). The molecule has 0 aliphatic heterocycles. The summed E-state index contributed by atoms with van der Waals surface area (Å²) in [6, 6.07) is 0. The highest BCUT2D eigenvalue weighted by atomic mass is 32.2. The lowest BCUT2D eigenvalue weighted by atomic mass is 9.81. The molecule has 0 unspecified atom stereocenters. The molecule has 0 aromatic heterocycles. The summed E-state index contributed by atoms with van der Waals surface area (Å²) < 4.78 is 25.2. The maximum atomic E-state index is 11.4. The van der Waals surface area contributed by atoms with Crippen LogP contribution in [0.2, 0.25) is 0 Å². The molecular formula is C9H19NO3S. The molecule has 0 atom stereocenters. The summed E-state index contributed by atoms with van der Waals surface area (Å²) in [7, 11) is -3.16. The lowest BCUT2D eigenvalue weighted by molar-refractivity contribution is -0.0270. The zero-order valence-corrected chi connectivity index (χ0v) is 9.44. The second kappa shape index (κ2) is 4.59. The van der Waals surface area contributed by atoms with Crippen LogP contribution in [-0.4, -0.2) is 31.4 Å². The van der Waals surface area contributed by atoms with E-state index in [1.54, 1.807) is 0 Å². The van der Waals surface area contributed by atoms with Crippen molar-refractivity contribution >= 4 is 10.0 Å². The van der Waals surface area contributed by atoms with E-state index in [4.69, 9.17) is 0 Å². The SMILES string of the molecule is CCCCS(=O)(=O)NCC1(O)CCC1. The summed E-state index contributed by atoms with van der Waals surface area (Å²) in [6.45, 7) is 2.13. The Labute approximate surface area is 85.8 Å². The zero-order chi connectivity index (χ0) is 10.7. The van der Waals surface area contributed by atoms with Gasteiger partial charge in [-0.05, 0) is 25.7 Å². The maximum absolute atomic E-state index is 11.4. The fourth-order valence-corrected chi connectivity index (χ4v) is 2.71. The van der Waals surface area contributed by atoms with Crippen LogP contribution in [0.1, 0.15) is 39.0 Å². The molecule has 0 aromatic rings. The molecule has 0 saturated heterocycles. The molecule has 0 heterocycles. The summed E-state index contributed by atoms with van der Waals surface area (Å²) in [5, 5.41) is 9.67. The Bertz CT molecular complexity index is 270. The summed E-state index contributed by atoms with van der Waals surface area (Å²) >= 11 is 0. The number of nitrogens with one attached hydrogen (secondary N) is 1. The molecule has 0 amide bonds. The van der Waals surface area contributed by atoms with E-state index in [0.29, 0.717) is 19.3 Å². The normalized spacial score (nSPS) is 20.4. The molecule has 0 aromatic carbocycles. The lowest BCUT2D eigenvalue weighted by Crippen LogP contribution is -2.48. The van der Waals surface area contributed by atoms with Crippen molar-refractivity contribution < 1.29 is 13.5 Å². The van der Waals surface area contributed by atoms with Gasteiger partial charge in [0, 0.05) is 6.54 Å². The molecule has 5 heteroatoms. The van der Waals surface area contributed by atoms with E-state index in [9.17, 15) is 13.5 Å². The average Bonchev–Trinajstić information content (AvgIpc) is 2.09. The van der Waals surface area contributed by atoms with Gasteiger partial charge in [0.05, 0.1) is 11.4 Å². The van der Waals surface area contributed by atoms with Gasteiger partial charge in [0.25, 0.3) is 0 Å². The standard InChI is InChI=1S/C9H19NO3S/c1-2-3-7-14(12,13)10-8-9(11)5-4-6-9/h10-11H,2-8H2,1H3. The van der Waals surface area contributed by atoms with E-state index in [1.165, 1.54) is 0 Å². The van der Waals surface area contributed by atoms with Crippen molar-refractivity contribution in [2.45, 2.75) is 44.6 Å². The van der Waals surface area contributed by atoms with Crippen LogP contribution in [0.15, 0.2) is 0 Å². The average molecular weight is 221 g/mol. The Morgan fingerprint density at radius 2 is 2.07 bits per heavy atom. The first kappa shape index (κ1) is 11.9. The Morgan fingerprint density at radius 1 is 1.43 bits per heavy atom. The summed E-state index contributed by atoms with van der Waals surface area (Å²) in [5.74, 6) is 0.166. The third-order valence-electron chi connectivity index (χ3n) is 2.67. The van der Waals surface area contributed by atoms with Gasteiger partial charge in [0.15, 0.2) is 0 Å². The summed E-state index contributed by atoms with van der Waals surface area (Å²) in [4.78, 5) is 0. The van der Waals surface area contributed by atoms with Crippen molar-refractivity contribution in [3.63, 3.8) is 0 Å². The number of sulfonamides is 1. The topological polar surface area (TPSA) is 66.4 Å². The highest BCUT2D eigenvalue weighted by Crippen LogP contribution is 2.30. The molecule has 0 spiro atoms. The van der Waals surface area contributed by atoms with Crippen LogP contribution in [0.5, 0.6) is 0 Å². The monoisotopic (exact) mass is 221 g/mol. The molecule has 1 saturated carbocycles. The highest BCUT2D eigenvalue weighted by molar-refractivity contribution is 7.89. The number of aliphatic hydroxyl groups is 1. The van der Waals surface area contributed by atoms with Crippen molar-refractivity contribution in [2.24, 2.45) is 0 Å². The van der Waals surface area contributed by atoms with Crippen molar-refractivity contribution in [2.75, 3.05) is 12.3 Å². The minimum absolute atomic E-state index is 0.166. The van der Waals surface area contributed by atoms with E-state index in [1.807, 2.05) is 6.92 Å². The van der Waals surface area contributed by atoms with Crippen LogP contribution in [-0.2, 0) is 10.0 Å². The van der Waals surface area contributed by atoms with Gasteiger partial charge in [-0.3, -0.25) is 0 Å². The van der Waals surface area contributed by atoms with Crippen molar-refractivity contribution in [1.82, 2.24) is 4.72 Å². The van der Waals surface area contributed by atoms with E-state index in [0.717, 1.165) is 12.8 Å². The van der Waals surface area contributed by atoms with Gasteiger partial charge in [-0.25, -0.2) is 13.1 Å². The minimum atomic E-state index is -3.16. The van der Waals surface area contributed by atoms with Crippen molar-refractivity contribution in [3.05, 3.63) is 0 Å². The summed E-state index contributed by atoms with van der Waals surface area (Å²) in [5.41, 5.74) is -0.765. The van der Waals surface area contributed by atoms with E-state index >= 15 is 0 Å². The van der Waals surface area contributed by atoms with Crippen LogP contribution in [0, 0.1) is 0 Å². The highest BCUT2D eigenvalue weighted by Gasteiger charge is 2.35. The maximum Gasteiger partial charge on any atom is 0.211 e. The predicted molar refractivity (Wildman–Crippen MR) is 55.5 cm³/mol. The Balaban J connectivity index is 2.28. The molecule has 1 fully saturated rings. The van der Waals surface area contributed by atoms with Gasteiger partial charge >= 0.3 is 0 Å². The van der Waals surface area contributed by atoms with E-state index < -0.39 is 15.6 Å². The smallest absolute Gasteiger partial charge is 0.211 e. The Kier molecular flexibility index (Phi) is 3.92. The molecule has 1 aliphatic rings. The van der Waals surface area contributed by atoms with Crippen molar-refractivity contribution in [3.8, 4) is 0 Å². The molecule has 14 heavy (non-hydrogen) atoms. The minimum Gasteiger partial charge on any atom is -0.389 e. The molecule has 1 aliphatic carbocycles. The number of rotatable bonds is 6. The molecule has 0 radical (unpaired) electrons. The number of hydrogen-bond donors (Lipinski definition) is 2. The van der Waals surface area contributed by atoms with Gasteiger partial charge in [0.1, 0.15) is 0 Å². The summed E-state index contributed by atoms with van der Waals surface area (Å²) in [6.07, 6.45) is 3.96. The van der Waals surface area contributed by atoms with Crippen molar-refractivity contribution in [1.29, 1.82) is 0 Å². The Morgan fingerprint density at radius 3 is 2.50 bits per heavy atom. The molecular weight excluding hydrogens is 202 g/mol. The molecule has 2 N–H and O–H groups in total. The van der Waals surface area contributed by atoms with Crippen LogP contribution >= 0.6 is 0 Å². The number of hydrogen-bond acceptors (Lipinski definition) is 3. The van der Waals surface area contributed by atoms with E-state index in [2.05, 4.69) is 4.72 Å². The fraction of sp³-hybridized carbons (Fsp3) is 1.00. The zero-order valence-electron chi connectivity index (χ0n) is 8.62. The number of unbranched alkanes of at least 4 members (excludes halogenated alkanes) is 1. The van der Waals surface area contributed by atoms with E-state index in [-0.39, 0.29) is 12.3 Å². The largest absolute Gasteiger partial charge is 0.389 e. The Hall–Kier alpha value is -0.130. The first-order chi connectivity index (χ1) is 6.47. The van der Waals surface area contributed by atoms with Crippen LogP contribution < -0.4 is 4.72 Å². The first-order valence-corrected chi connectivity index (χ1v) is 6.82. The third kappa shape index (κ3) is 3.55. The predicted octanol–water partition coefficient (Wildman–Crippen LogP) is 0.621. The molecule has 4 nitrogen and oxygen atoms in total. The lowest BCUT2D eigenvalue weighted by Gasteiger charge is -2.36. The van der Waals surface area contributed by atoms with Gasteiger partial charge in [-0.1, -0.05) is 13.3 Å². The van der Waals surface area contributed by atoms with Crippen LogP contribution in [0.4, 0.5) is 0 Å². The van der Waals surface area contributed by atoms with Crippen LogP contribution in [0.3, 0.4) is 0 Å². The molecule has 84 valence electrons. The van der Waals surface area contributed by atoms with Gasteiger partial charge in [-0.2, -0.15) is 0 Å². The van der Waals surface area contributed by atoms with Gasteiger partial charge in [-0.15, -0.1) is 0 Å². The first-order valence-electron chi connectivity index (χ1n) is 5.17. The van der Waals surface area contributed by atoms with Crippen LogP contribution in [0.25, 0.3) is 0 Å². The van der Waals surface area contributed by atoms with Gasteiger partial charge in [0.2, 0.25) is 10.0 Å². The quantitative estimate of drug-likeness (QED) is 0.691.